The molecule has 2 N–H and O–H groups in total. The van der Waals surface area contributed by atoms with E-state index in [0.29, 0.717) is 0 Å². The number of carbonyl (C=O) groups is 2. The lowest BCUT2D eigenvalue weighted by Crippen LogP contribution is -2.44. The Hall–Kier alpha value is -1.10. The maximum Gasteiger partial charge on any atom is 0.321 e. The number of hydrogen-bond donors (Lipinski definition) is 2. The number of carbonyl (C=O) groups excluding carboxylic acids is 1. The fourth-order valence-corrected chi connectivity index (χ4v) is 1.25. The molecule has 0 heterocycles. The molecule has 0 aromatic carbocycles. The van der Waals surface area contributed by atoms with Crippen LogP contribution in [0.25, 0.3) is 0 Å². The molecule has 3 atom stereocenters. The second kappa shape index (κ2) is 5.59. The van der Waals surface area contributed by atoms with Gasteiger partial charge in [0, 0.05) is 12.8 Å². The van der Waals surface area contributed by atoms with Gasteiger partial charge in [-0.15, -0.1) is 0 Å². The largest absolute Gasteiger partial charge is 0.480 e. The van der Waals surface area contributed by atoms with Gasteiger partial charge in [0.2, 0.25) is 0 Å². The van der Waals surface area contributed by atoms with E-state index in [0.717, 1.165) is 0 Å². The van der Waals surface area contributed by atoms with Crippen LogP contribution in [0.15, 0.2) is 0 Å². The summed E-state index contributed by atoms with van der Waals surface area (Å²) in [5, 5.41) is 11.5. The molecule has 0 aliphatic rings. The topological polar surface area (TPSA) is 75.6 Å². The van der Waals surface area contributed by atoms with Crippen LogP contribution in [-0.2, 0) is 14.3 Å². The van der Waals surface area contributed by atoms with Gasteiger partial charge in [0.05, 0.1) is 0 Å². The summed E-state index contributed by atoms with van der Waals surface area (Å²) in [4.78, 5) is 21.4. The van der Waals surface area contributed by atoms with E-state index in [2.05, 4.69) is 5.32 Å². The van der Waals surface area contributed by atoms with Crippen LogP contribution in [0.4, 0.5) is 0 Å². The van der Waals surface area contributed by atoms with Crippen molar-refractivity contribution < 1.29 is 19.4 Å². The average Bonchev–Trinajstić information content (AvgIpc) is 2.03. The van der Waals surface area contributed by atoms with Crippen LogP contribution in [0.2, 0.25) is 0 Å². The van der Waals surface area contributed by atoms with Crippen molar-refractivity contribution in [3.05, 3.63) is 0 Å². The molecule has 5 heteroatoms. The first kappa shape index (κ1) is 12.9. The Labute approximate surface area is 83.4 Å². The van der Waals surface area contributed by atoms with Crippen molar-refractivity contribution in [2.24, 2.45) is 5.92 Å². The molecular formula is C9H17NO4. The molecule has 0 aliphatic carbocycles. The summed E-state index contributed by atoms with van der Waals surface area (Å²) in [5.74, 6) is -1.62. The summed E-state index contributed by atoms with van der Waals surface area (Å²) in [6, 6.07) is -0.704. The number of carboxylic acid groups (broad SMARTS) is 1. The van der Waals surface area contributed by atoms with Gasteiger partial charge in [0.15, 0.2) is 0 Å². The lowest BCUT2D eigenvalue weighted by Gasteiger charge is -2.24. The molecule has 82 valence electrons. The zero-order valence-corrected chi connectivity index (χ0v) is 8.90. The number of rotatable bonds is 5. The Morgan fingerprint density at radius 3 is 2.14 bits per heavy atom. The highest BCUT2D eigenvalue weighted by molar-refractivity contribution is 5.74. The van der Waals surface area contributed by atoms with Crippen molar-refractivity contribution in [2.75, 3.05) is 7.05 Å². The maximum absolute atomic E-state index is 10.8. The first-order chi connectivity index (χ1) is 6.40. The molecule has 0 rings (SSSR count). The van der Waals surface area contributed by atoms with Crippen molar-refractivity contribution in [2.45, 2.75) is 32.9 Å². The Morgan fingerprint density at radius 1 is 1.36 bits per heavy atom. The lowest BCUT2D eigenvalue weighted by atomic mass is 9.97. The number of ether oxygens (including phenoxy) is 1. The summed E-state index contributed by atoms with van der Waals surface area (Å²) >= 11 is 0. The quantitative estimate of drug-likeness (QED) is 0.626. The van der Waals surface area contributed by atoms with Gasteiger partial charge in [-0.05, 0) is 14.0 Å². The van der Waals surface area contributed by atoms with Crippen LogP contribution in [0.1, 0.15) is 20.8 Å². The molecule has 0 radical (unpaired) electrons. The molecule has 0 aromatic heterocycles. The van der Waals surface area contributed by atoms with Crippen LogP contribution in [0, 0.1) is 5.92 Å². The fourth-order valence-electron chi connectivity index (χ4n) is 1.25. The van der Waals surface area contributed by atoms with E-state index >= 15 is 0 Å². The highest BCUT2D eigenvalue weighted by Gasteiger charge is 2.28. The predicted molar refractivity (Wildman–Crippen MR) is 50.9 cm³/mol. The van der Waals surface area contributed by atoms with Gasteiger partial charge in [-0.2, -0.15) is 0 Å². The van der Waals surface area contributed by atoms with Crippen molar-refractivity contribution in [3.8, 4) is 0 Å². The fraction of sp³-hybridized carbons (Fsp3) is 0.778. The van der Waals surface area contributed by atoms with Gasteiger partial charge in [-0.1, -0.05) is 6.92 Å². The van der Waals surface area contributed by atoms with E-state index in [9.17, 15) is 9.59 Å². The van der Waals surface area contributed by atoms with E-state index in [1.807, 2.05) is 0 Å². The van der Waals surface area contributed by atoms with Crippen molar-refractivity contribution in [1.82, 2.24) is 5.32 Å². The molecule has 0 aromatic rings. The predicted octanol–water partition coefficient (Wildman–Crippen LogP) is 0.247. The molecule has 0 spiro atoms. The third-order valence-electron chi connectivity index (χ3n) is 2.20. The minimum absolute atomic E-state index is 0.276. The van der Waals surface area contributed by atoms with Crippen molar-refractivity contribution in [1.29, 1.82) is 0 Å². The average molecular weight is 203 g/mol. The highest BCUT2D eigenvalue weighted by atomic mass is 16.5. The van der Waals surface area contributed by atoms with Crippen molar-refractivity contribution >= 4 is 11.9 Å². The minimum atomic E-state index is -0.945. The molecule has 0 amide bonds. The Bertz CT molecular complexity index is 217. The SMILES string of the molecule is CN[C@H](C(=O)O)[C@@H](C)[C@H](C)OC(C)=O. The molecule has 0 unspecified atom stereocenters. The third kappa shape index (κ3) is 3.74. The smallest absolute Gasteiger partial charge is 0.321 e. The number of nitrogens with one attached hydrogen (secondary N) is 1. The summed E-state index contributed by atoms with van der Waals surface area (Å²) in [5.41, 5.74) is 0. The van der Waals surface area contributed by atoms with E-state index in [1.165, 1.54) is 6.92 Å². The highest BCUT2D eigenvalue weighted by Crippen LogP contribution is 2.12. The standard InChI is InChI=1S/C9H17NO4/c1-5(6(2)14-7(3)11)8(10-4)9(12)13/h5-6,8,10H,1-4H3,(H,12,13)/t5-,6-,8-/m0/s1. The van der Waals surface area contributed by atoms with E-state index < -0.39 is 24.1 Å². The molecule has 0 bridgehead atoms. The second-order valence-electron chi connectivity index (χ2n) is 3.28. The lowest BCUT2D eigenvalue weighted by molar-refractivity contribution is -0.152. The van der Waals surface area contributed by atoms with E-state index in [4.69, 9.17) is 9.84 Å². The maximum atomic E-state index is 10.8. The van der Waals surface area contributed by atoms with Crippen molar-refractivity contribution in [3.63, 3.8) is 0 Å². The summed E-state index contributed by atoms with van der Waals surface area (Å²) in [7, 11) is 1.57. The van der Waals surface area contributed by atoms with E-state index in [-0.39, 0.29) is 5.92 Å². The van der Waals surface area contributed by atoms with Crippen LogP contribution in [0.5, 0.6) is 0 Å². The molecule has 5 nitrogen and oxygen atoms in total. The first-order valence-electron chi connectivity index (χ1n) is 4.47. The molecule has 0 saturated heterocycles. The number of carboxylic acids is 1. The van der Waals surface area contributed by atoms with Gasteiger partial charge in [-0.3, -0.25) is 9.59 Å². The summed E-state index contributed by atoms with van der Waals surface area (Å²) in [6.07, 6.45) is -0.416. The normalized spacial score (nSPS) is 16.9. The number of esters is 1. The molecular weight excluding hydrogens is 186 g/mol. The van der Waals surface area contributed by atoms with Gasteiger partial charge in [0.25, 0.3) is 0 Å². The summed E-state index contributed by atoms with van der Waals surface area (Å²) < 4.78 is 4.90. The van der Waals surface area contributed by atoms with Crippen LogP contribution >= 0.6 is 0 Å². The zero-order valence-electron chi connectivity index (χ0n) is 8.90. The monoisotopic (exact) mass is 203 g/mol. The summed E-state index contributed by atoms with van der Waals surface area (Å²) in [6.45, 7) is 4.71. The second-order valence-corrected chi connectivity index (χ2v) is 3.28. The van der Waals surface area contributed by atoms with Gasteiger partial charge >= 0.3 is 11.9 Å². The molecule has 0 aliphatic heterocycles. The first-order valence-corrected chi connectivity index (χ1v) is 4.47. The van der Waals surface area contributed by atoms with Gasteiger partial charge < -0.3 is 15.2 Å². The van der Waals surface area contributed by atoms with Gasteiger partial charge in [0.1, 0.15) is 12.1 Å². The Balaban J connectivity index is 4.33. The third-order valence-corrected chi connectivity index (χ3v) is 2.20. The zero-order chi connectivity index (χ0) is 11.3. The molecule has 0 fully saturated rings. The van der Waals surface area contributed by atoms with Crippen LogP contribution < -0.4 is 5.32 Å². The molecule has 14 heavy (non-hydrogen) atoms. The van der Waals surface area contributed by atoms with Crippen LogP contribution in [-0.4, -0.2) is 36.2 Å². The molecule has 0 saturated carbocycles. The minimum Gasteiger partial charge on any atom is -0.480 e. The number of aliphatic carboxylic acids is 1. The number of hydrogen-bond acceptors (Lipinski definition) is 4. The Morgan fingerprint density at radius 2 is 1.86 bits per heavy atom. The number of likely N-dealkylation sites (N-methyl/N-ethyl adjacent to an activating group) is 1. The van der Waals surface area contributed by atoms with Crippen LogP contribution in [0.3, 0.4) is 0 Å². The van der Waals surface area contributed by atoms with Gasteiger partial charge in [-0.25, -0.2) is 0 Å². The Kier molecular flexibility index (Phi) is 5.15. The van der Waals surface area contributed by atoms with E-state index in [1.54, 1.807) is 20.9 Å².